The van der Waals surface area contributed by atoms with Crippen LogP contribution in [0.25, 0.3) is 0 Å². The summed E-state index contributed by atoms with van der Waals surface area (Å²) < 4.78 is 1.66. The number of benzene rings is 2. The predicted molar refractivity (Wildman–Crippen MR) is 124 cm³/mol. The zero-order valence-electron chi connectivity index (χ0n) is 18.9. The van der Waals surface area contributed by atoms with Crippen molar-refractivity contribution in [3.63, 3.8) is 0 Å². The van der Waals surface area contributed by atoms with Crippen molar-refractivity contribution in [1.29, 1.82) is 0 Å². The van der Waals surface area contributed by atoms with E-state index in [9.17, 15) is 0 Å². The van der Waals surface area contributed by atoms with Gasteiger partial charge in [0.25, 0.3) is 0 Å². The number of aryl methyl sites for hydroxylation is 2. The molecular weight excluding hydrogens is 515 g/mol. The quantitative estimate of drug-likeness (QED) is 0.455. The summed E-state index contributed by atoms with van der Waals surface area (Å²) in [4.78, 5) is 0. The summed E-state index contributed by atoms with van der Waals surface area (Å²) in [5, 5.41) is 3.27. The number of halogens is 2. The fraction of sp³-hybridized carbons (Fsp3) is 0.259. The number of hydrogen-bond donors (Lipinski definition) is 0. The molecule has 0 N–H and O–H groups in total. The van der Waals surface area contributed by atoms with Gasteiger partial charge < -0.3 is 24.8 Å². The van der Waals surface area contributed by atoms with Crippen molar-refractivity contribution in [3.05, 3.63) is 103 Å². The Balaban J connectivity index is 0.00000171. The zero-order valence-corrected chi connectivity index (χ0v) is 24.0. The fourth-order valence-electron chi connectivity index (χ4n) is 5.39. The molecule has 4 heteroatoms. The van der Waals surface area contributed by atoms with E-state index in [0.717, 1.165) is 6.42 Å². The normalized spacial score (nSPS) is 20.2. The molecule has 0 radical (unpaired) electrons. The van der Waals surface area contributed by atoms with Crippen LogP contribution < -0.4 is 35.2 Å². The third-order valence-electron chi connectivity index (χ3n) is 7.20. The van der Waals surface area contributed by atoms with E-state index in [0.29, 0.717) is 0 Å². The van der Waals surface area contributed by atoms with E-state index < -0.39 is 8.80 Å². The van der Waals surface area contributed by atoms with E-state index in [2.05, 4.69) is 101 Å². The first-order valence-electron chi connectivity index (χ1n) is 10.5. The summed E-state index contributed by atoms with van der Waals surface area (Å²) in [5.41, 5.74) is 9.15. The monoisotopic (exact) mass is 541 g/mol. The third-order valence-corrected chi connectivity index (χ3v) is 14.3. The Kier molecular flexibility index (Phi) is 8.79. The summed E-state index contributed by atoms with van der Waals surface area (Å²) in [6, 6.07) is 18.3. The Labute approximate surface area is 216 Å². The van der Waals surface area contributed by atoms with Crippen molar-refractivity contribution in [1.82, 2.24) is 0 Å². The molecule has 2 aliphatic carbocycles. The van der Waals surface area contributed by atoms with Gasteiger partial charge in [-0.3, -0.25) is 0 Å². The smallest absolute Gasteiger partial charge is 1.00 e. The molecule has 0 nitrogen and oxygen atoms in total. The molecule has 31 heavy (non-hydrogen) atoms. The Morgan fingerprint density at radius 3 is 1.68 bits per heavy atom. The van der Waals surface area contributed by atoms with Crippen LogP contribution in [0.3, 0.4) is 0 Å². The molecule has 0 fully saturated rings. The van der Waals surface area contributed by atoms with Gasteiger partial charge in [-0.05, 0) is 0 Å². The minimum absolute atomic E-state index is 0. The van der Waals surface area contributed by atoms with E-state index in [1.807, 2.05) is 0 Å². The van der Waals surface area contributed by atoms with Crippen molar-refractivity contribution in [2.75, 3.05) is 0 Å². The maximum atomic E-state index is 2.43. The first-order valence-corrected chi connectivity index (χ1v) is 13.4. The Hall–Kier alpha value is -0.920. The van der Waals surface area contributed by atoms with Crippen molar-refractivity contribution in [2.24, 2.45) is 0 Å². The third kappa shape index (κ3) is 4.10. The molecule has 0 heterocycles. The van der Waals surface area contributed by atoms with Crippen LogP contribution in [0.2, 0.25) is 5.04 Å². The van der Waals surface area contributed by atoms with Crippen LogP contribution in [0.15, 0.2) is 92.3 Å². The molecular formula is C27H29Cl2SiZr. The largest absolute Gasteiger partial charge is 1.00 e. The van der Waals surface area contributed by atoms with Gasteiger partial charge in [0.2, 0.25) is 0 Å². The van der Waals surface area contributed by atoms with Gasteiger partial charge in [0.15, 0.2) is 0 Å². The van der Waals surface area contributed by atoms with Gasteiger partial charge in [0.05, 0.1) is 0 Å². The van der Waals surface area contributed by atoms with E-state index in [-0.39, 0.29) is 29.9 Å². The van der Waals surface area contributed by atoms with E-state index in [4.69, 9.17) is 0 Å². The van der Waals surface area contributed by atoms with Crippen molar-refractivity contribution in [3.8, 4) is 0 Å². The van der Waals surface area contributed by atoms with Gasteiger partial charge >= 0.3 is 193 Å². The summed E-state index contributed by atoms with van der Waals surface area (Å²) in [6.45, 7) is 11.7. The van der Waals surface area contributed by atoms with Crippen LogP contribution in [0.5, 0.6) is 0 Å². The predicted octanol–water partition coefficient (Wildman–Crippen LogP) is -0.550. The number of rotatable bonds is 4. The summed E-state index contributed by atoms with van der Waals surface area (Å²) in [6.07, 6.45) is 8.13. The van der Waals surface area contributed by atoms with Crippen molar-refractivity contribution < 1.29 is 49.5 Å². The second-order valence-corrected chi connectivity index (χ2v) is 12.7. The number of hydrogen-bond acceptors (Lipinski definition) is 0. The van der Waals surface area contributed by atoms with E-state index in [1.165, 1.54) is 22.3 Å². The van der Waals surface area contributed by atoms with Crippen LogP contribution in [-0.4, -0.2) is 8.80 Å². The molecule has 0 saturated heterocycles. The Morgan fingerprint density at radius 1 is 0.774 bits per heavy atom. The molecule has 1 unspecified atom stereocenters. The van der Waals surface area contributed by atoms with Gasteiger partial charge in [-0.15, -0.1) is 0 Å². The maximum absolute atomic E-state index is 2.43. The van der Waals surface area contributed by atoms with Crippen LogP contribution in [-0.2, 0) is 24.7 Å². The zero-order chi connectivity index (χ0) is 20.8. The molecule has 0 aromatic heterocycles. The summed E-state index contributed by atoms with van der Waals surface area (Å²) in [5.74, 6) is 0. The Bertz CT molecular complexity index is 1040. The molecule has 0 amide bonds. The molecule has 0 aliphatic heterocycles. The second-order valence-electron chi connectivity index (χ2n) is 8.53. The second kappa shape index (κ2) is 10.3. The van der Waals surface area contributed by atoms with Gasteiger partial charge in [0, 0.05) is 0 Å². The molecule has 2 aliphatic rings. The van der Waals surface area contributed by atoms with Gasteiger partial charge in [-0.2, -0.15) is 0 Å². The molecule has 0 saturated carbocycles. The van der Waals surface area contributed by atoms with Crippen LogP contribution in [0.4, 0.5) is 0 Å². The molecule has 159 valence electrons. The minimum Gasteiger partial charge on any atom is -1.00 e. The summed E-state index contributed by atoms with van der Waals surface area (Å²) >= 11 is 1.56. The molecule has 2 aromatic carbocycles. The van der Waals surface area contributed by atoms with Crippen molar-refractivity contribution in [2.45, 2.75) is 46.1 Å². The average molecular weight is 544 g/mol. The average Bonchev–Trinajstić information content (AvgIpc) is 3.31. The van der Waals surface area contributed by atoms with E-state index >= 15 is 0 Å². The van der Waals surface area contributed by atoms with Gasteiger partial charge in [0.1, 0.15) is 0 Å². The van der Waals surface area contributed by atoms with Crippen molar-refractivity contribution >= 4 is 19.2 Å². The molecule has 4 rings (SSSR count). The van der Waals surface area contributed by atoms with Crippen LogP contribution in [0.1, 0.15) is 38.3 Å². The molecule has 0 spiro atoms. The number of allylic oxidation sites excluding steroid dienone is 8. The summed E-state index contributed by atoms with van der Waals surface area (Å²) in [7, 11) is -1.66. The van der Waals surface area contributed by atoms with E-state index in [1.54, 1.807) is 49.5 Å². The Morgan fingerprint density at radius 2 is 1.29 bits per heavy atom. The standard InChI is InChI=1S/C27H29Si.2ClH.Zr/c1-19-12-6-10-16-25(19)28(26-17-11-7-13-20(26)2)27(24-14-8-9-15-24)18-21(3)22(4)23(27)5;;;/h6-14,16-17,28H,15H2,1-5H3;2*1H;/q;;;+2/p-2. The van der Waals surface area contributed by atoms with Crippen LogP contribution >= 0.6 is 0 Å². The first-order chi connectivity index (χ1) is 13.9. The SMILES string of the molecule is CC1=C(C)C(C2=CC=CC2)([SiH](c2ccccc2C)c2ccccc2C)[C]([Zr+2])=C1C.[Cl-].[Cl-]. The first kappa shape index (κ1) is 26.3. The molecule has 1 atom stereocenters. The fourth-order valence-corrected chi connectivity index (χ4v) is 12.5. The van der Waals surface area contributed by atoms with Gasteiger partial charge in [-0.25, -0.2) is 0 Å². The maximum Gasteiger partial charge on any atom is -1.00 e. The minimum atomic E-state index is -1.66. The topological polar surface area (TPSA) is 0 Å². The van der Waals surface area contributed by atoms with Gasteiger partial charge in [-0.1, -0.05) is 0 Å². The molecule has 2 aromatic rings. The molecule has 0 bridgehead atoms. The van der Waals surface area contributed by atoms with Crippen LogP contribution in [0, 0.1) is 13.8 Å².